The SMILES string of the molecule is COCC(C)n1cnnc1-c1cccc(N2CCOc3ccc(-n4cnc(C5CC5)c4)cc3C2=O)n1. The minimum absolute atomic E-state index is 0.0348. The lowest BCUT2D eigenvalue weighted by Crippen LogP contribution is -2.33. The Morgan fingerprint density at radius 2 is 2.08 bits per heavy atom. The van der Waals surface area contributed by atoms with Gasteiger partial charge in [0, 0.05) is 24.9 Å². The van der Waals surface area contributed by atoms with E-state index in [9.17, 15) is 4.79 Å². The molecule has 6 rings (SSSR count). The van der Waals surface area contributed by atoms with Gasteiger partial charge in [-0.25, -0.2) is 9.97 Å². The minimum Gasteiger partial charge on any atom is -0.491 e. The van der Waals surface area contributed by atoms with E-state index in [2.05, 4.69) is 15.2 Å². The van der Waals surface area contributed by atoms with Crippen molar-refractivity contribution >= 4 is 11.7 Å². The Labute approximate surface area is 208 Å². The minimum atomic E-state index is -0.161. The Morgan fingerprint density at radius 1 is 1.19 bits per heavy atom. The molecule has 1 saturated carbocycles. The van der Waals surface area contributed by atoms with Gasteiger partial charge in [0.1, 0.15) is 30.2 Å². The number of carbonyl (C=O) groups excluding carboxylic acids is 1. The Kier molecular flexibility index (Phi) is 5.73. The summed E-state index contributed by atoms with van der Waals surface area (Å²) in [6, 6.07) is 11.3. The fourth-order valence-electron chi connectivity index (χ4n) is 4.52. The summed E-state index contributed by atoms with van der Waals surface area (Å²) < 4.78 is 15.1. The molecule has 2 aliphatic rings. The van der Waals surface area contributed by atoms with E-state index >= 15 is 0 Å². The molecule has 4 aromatic rings. The highest BCUT2D eigenvalue weighted by molar-refractivity contribution is 6.08. The number of imidazole rings is 1. The van der Waals surface area contributed by atoms with Crippen LogP contribution in [0.3, 0.4) is 0 Å². The number of amides is 1. The summed E-state index contributed by atoms with van der Waals surface area (Å²) in [5.74, 6) is 2.12. The monoisotopic (exact) mass is 485 g/mol. The molecule has 0 bridgehead atoms. The Morgan fingerprint density at radius 3 is 2.92 bits per heavy atom. The molecule has 1 fully saturated rings. The van der Waals surface area contributed by atoms with Crippen molar-refractivity contribution < 1.29 is 14.3 Å². The van der Waals surface area contributed by atoms with Gasteiger partial charge >= 0.3 is 0 Å². The zero-order valence-electron chi connectivity index (χ0n) is 20.2. The molecular formula is C26H27N7O3. The van der Waals surface area contributed by atoms with Gasteiger partial charge in [0.2, 0.25) is 0 Å². The first kappa shape index (κ1) is 22.4. The maximum Gasteiger partial charge on any atom is 0.263 e. The van der Waals surface area contributed by atoms with Crippen LogP contribution in [0.25, 0.3) is 17.2 Å². The number of ether oxygens (including phenoxy) is 2. The molecule has 1 amide bonds. The molecule has 4 heterocycles. The van der Waals surface area contributed by atoms with Crippen LogP contribution in [0.4, 0.5) is 5.82 Å². The molecule has 0 N–H and O–H groups in total. The van der Waals surface area contributed by atoms with Crippen LogP contribution < -0.4 is 9.64 Å². The maximum atomic E-state index is 13.7. The Hall–Kier alpha value is -4.05. The molecule has 0 saturated heterocycles. The summed E-state index contributed by atoms with van der Waals surface area (Å²) in [6.07, 6.45) is 7.90. The first-order chi connectivity index (χ1) is 17.6. The molecule has 0 spiro atoms. The van der Waals surface area contributed by atoms with E-state index in [-0.39, 0.29) is 11.9 Å². The van der Waals surface area contributed by atoms with Crippen LogP contribution in [0, 0.1) is 0 Å². The molecule has 1 unspecified atom stereocenters. The van der Waals surface area contributed by atoms with Crippen molar-refractivity contribution in [2.45, 2.75) is 31.7 Å². The van der Waals surface area contributed by atoms with Gasteiger partial charge in [-0.2, -0.15) is 0 Å². The van der Waals surface area contributed by atoms with E-state index in [1.807, 2.05) is 58.7 Å². The number of aromatic nitrogens is 6. The fraction of sp³-hybridized carbons (Fsp3) is 0.346. The zero-order chi connectivity index (χ0) is 24.6. The molecule has 1 aliphatic carbocycles. The van der Waals surface area contributed by atoms with Gasteiger partial charge in [-0.05, 0) is 50.1 Å². The summed E-state index contributed by atoms with van der Waals surface area (Å²) in [7, 11) is 1.66. The first-order valence-corrected chi connectivity index (χ1v) is 12.1. The number of hydrogen-bond donors (Lipinski definition) is 0. The lowest BCUT2D eigenvalue weighted by atomic mass is 10.1. The standard InChI is InChI=1S/C26H27N7O3/c1-17(14-35-2)33-16-28-30-25(33)21-4-3-5-24(29-21)32-10-11-36-23-9-8-19(12-20(23)26(32)34)31-13-22(27-15-31)18-6-7-18/h3-5,8-9,12-13,15-18H,6-7,10-11,14H2,1-2H3. The van der Waals surface area contributed by atoms with Crippen molar-refractivity contribution in [1.82, 2.24) is 29.3 Å². The maximum absolute atomic E-state index is 13.7. The largest absolute Gasteiger partial charge is 0.491 e. The third-order valence-electron chi connectivity index (χ3n) is 6.60. The smallest absolute Gasteiger partial charge is 0.263 e. The van der Waals surface area contributed by atoms with Crippen molar-refractivity contribution in [3.63, 3.8) is 0 Å². The lowest BCUT2D eigenvalue weighted by Gasteiger charge is -2.20. The van der Waals surface area contributed by atoms with E-state index in [0.717, 1.165) is 11.4 Å². The summed E-state index contributed by atoms with van der Waals surface area (Å²) in [5, 5.41) is 8.34. The van der Waals surface area contributed by atoms with Gasteiger partial charge in [-0.3, -0.25) is 9.69 Å². The average molecular weight is 486 g/mol. The number of rotatable bonds is 7. The molecule has 3 aromatic heterocycles. The second kappa shape index (κ2) is 9.19. The molecule has 0 radical (unpaired) electrons. The highest BCUT2D eigenvalue weighted by Crippen LogP contribution is 2.39. The van der Waals surface area contributed by atoms with Crippen LogP contribution in [-0.4, -0.2) is 62.1 Å². The fourth-order valence-corrected chi connectivity index (χ4v) is 4.52. The zero-order valence-corrected chi connectivity index (χ0v) is 20.2. The normalized spacial score (nSPS) is 16.4. The number of pyridine rings is 1. The third-order valence-corrected chi connectivity index (χ3v) is 6.60. The van der Waals surface area contributed by atoms with Crippen LogP contribution in [0.15, 0.2) is 55.2 Å². The molecular weight excluding hydrogens is 458 g/mol. The van der Waals surface area contributed by atoms with Crippen molar-refractivity contribution in [3.8, 4) is 23.0 Å². The van der Waals surface area contributed by atoms with Crippen molar-refractivity contribution in [1.29, 1.82) is 0 Å². The van der Waals surface area contributed by atoms with Crippen LogP contribution >= 0.6 is 0 Å². The molecule has 36 heavy (non-hydrogen) atoms. The molecule has 1 atom stereocenters. The van der Waals surface area contributed by atoms with Crippen molar-refractivity contribution in [2.75, 3.05) is 31.8 Å². The molecule has 10 heteroatoms. The molecule has 184 valence electrons. The first-order valence-electron chi connectivity index (χ1n) is 12.1. The average Bonchev–Trinajstić information content (AvgIpc) is 3.46. The number of carbonyl (C=O) groups is 1. The highest BCUT2D eigenvalue weighted by Gasteiger charge is 2.28. The number of benzene rings is 1. The predicted molar refractivity (Wildman–Crippen MR) is 133 cm³/mol. The summed E-state index contributed by atoms with van der Waals surface area (Å²) in [5.41, 5.74) is 3.10. The highest BCUT2D eigenvalue weighted by atomic mass is 16.5. The van der Waals surface area contributed by atoms with Crippen molar-refractivity contribution in [3.05, 3.63) is 66.5 Å². The van der Waals surface area contributed by atoms with Crippen LogP contribution in [0.1, 0.15) is 47.8 Å². The van der Waals surface area contributed by atoms with Gasteiger partial charge in [0.05, 0.1) is 36.8 Å². The topological polar surface area (TPSA) is 100 Å². The van der Waals surface area contributed by atoms with Gasteiger partial charge in [-0.15, -0.1) is 10.2 Å². The molecule has 1 aliphatic heterocycles. The number of hydrogen-bond acceptors (Lipinski definition) is 7. The van der Waals surface area contributed by atoms with Crippen LogP contribution in [0.2, 0.25) is 0 Å². The lowest BCUT2D eigenvalue weighted by molar-refractivity contribution is 0.0989. The third kappa shape index (κ3) is 4.13. The van der Waals surface area contributed by atoms with E-state index < -0.39 is 0 Å². The van der Waals surface area contributed by atoms with E-state index in [1.165, 1.54) is 12.8 Å². The van der Waals surface area contributed by atoms with Crippen LogP contribution in [-0.2, 0) is 4.74 Å². The number of methoxy groups -OCH3 is 1. The quantitative estimate of drug-likeness (QED) is 0.394. The van der Waals surface area contributed by atoms with E-state index in [4.69, 9.17) is 14.5 Å². The van der Waals surface area contributed by atoms with Crippen LogP contribution in [0.5, 0.6) is 5.75 Å². The van der Waals surface area contributed by atoms with Gasteiger partial charge in [-0.1, -0.05) is 6.07 Å². The van der Waals surface area contributed by atoms with E-state index in [1.54, 1.807) is 24.7 Å². The summed E-state index contributed by atoms with van der Waals surface area (Å²) in [6.45, 7) is 3.29. The number of nitrogens with zero attached hydrogens (tertiary/aromatic N) is 7. The van der Waals surface area contributed by atoms with E-state index in [0.29, 0.717) is 54.3 Å². The van der Waals surface area contributed by atoms with Crippen molar-refractivity contribution in [2.24, 2.45) is 0 Å². The van der Waals surface area contributed by atoms with Gasteiger partial charge < -0.3 is 18.6 Å². The number of fused-ring (bicyclic) bond motifs is 1. The summed E-state index contributed by atoms with van der Waals surface area (Å²) in [4.78, 5) is 24.7. The van der Waals surface area contributed by atoms with Gasteiger partial charge in [0.15, 0.2) is 5.82 Å². The van der Waals surface area contributed by atoms with Gasteiger partial charge in [0.25, 0.3) is 5.91 Å². The summed E-state index contributed by atoms with van der Waals surface area (Å²) >= 11 is 0. The number of anilines is 1. The second-order valence-corrected chi connectivity index (χ2v) is 9.21. The Bertz CT molecular complexity index is 1410. The Balaban J connectivity index is 1.32. The molecule has 1 aromatic carbocycles. The second-order valence-electron chi connectivity index (χ2n) is 9.21. The predicted octanol–water partition coefficient (Wildman–Crippen LogP) is 3.65. The molecule has 10 nitrogen and oxygen atoms in total.